The first-order valence-corrected chi connectivity index (χ1v) is 9.35. The fourth-order valence-electron chi connectivity index (χ4n) is 4.05. The molecule has 4 rings (SSSR count). The van der Waals surface area contributed by atoms with Crippen molar-refractivity contribution in [3.8, 4) is 5.75 Å². The topological polar surface area (TPSA) is 65.3 Å². The number of imide groups is 1. The molecule has 2 fully saturated rings. The van der Waals surface area contributed by atoms with Gasteiger partial charge in [-0.1, -0.05) is 12.1 Å². The van der Waals surface area contributed by atoms with Crippen molar-refractivity contribution in [2.75, 3.05) is 36.0 Å². The molecule has 6 nitrogen and oxygen atoms in total. The fourth-order valence-corrected chi connectivity index (χ4v) is 4.05. The van der Waals surface area contributed by atoms with Crippen LogP contribution in [0.3, 0.4) is 0 Å². The van der Waals surface area contributed by atoms with Gasteiger partial charge in [-0.3, -0.25) is 9.59 Å². The third kappa shape index (κ3) is 3.40. The monoisotopic (exact) mass is 366 g/mol. The Morgan fingerprint density at radius 2 is 1.70 bits per heavy atom. The molecule has 0 radical (unpaired) electrons. The number of anilines is 2. The van der Waals surface area contributed by atoms with Crippen LogP contribution in [0.4, 0.5) is 11.4 Å². The van der Waals surface area contributed by atoms with Gasteiger partial charge in [0.25, 0.3) is 5.91 Å². The van der Waals surface area contributed by atoms with E-state index in [2.05, 4.69) is 4.90 Å². The molecule has 0 bridgehead atoms. The molecule has 6 heteroatoms. The maximum Gasteiger partial charge on any atom is 0.292 e. The van der Waals surface area contributed by atoms with E-state index in [4.69, 9.17) is 0 Å². The van der Waals surface area contributed by atoms with Gasteiger partial charge >= 0.3 is 0 Å². The average molecular weight is 366 g/mol. The molecule has 27 heavy (non-hydrogen) atoms. The molecule has 2 aliphatic heterocycles. The summed E-state index contributed by atoms with van der Waals surface area (Å²) >= 11 is 0. The standard InChI is InChI=1S/C21H23N3O3/c1-15-3-2-4-17(13-15)24-20(26)14-19(21(24)27)23-11-9-22(10-12-23)16-5-7-18(25)8-6-16/h2-8,13,19,25H,9-12,14H2,1H3/p+1/t19-/m0/s1. The number of aryl methyl sites for hydroxylation is 1. The van der Waals surface area contributed by atoms with E-state index in [1.165, 1.54) is 9.80 Å². The molecule has 0 unspecified atom stereocenters. The molecular formula is C21H24N3O3+. The van der Waals surface area contributed by atoms with Crippen molar-refractivity contribution in [2.45, 2.75) is 19.4 Å². The van der Waals surface area contributed by atoms with Gasteiger partial charge in [-0.25, -0.2) is 4.90 Å². The van der Waals surface area contributed by atoms with Crippen LogP contribution < -0.4 is 14.7 Å². The largest absolute Gasteiger partial charge is 0.508 e. The number of phenols is 1. The Balaban J connectivity index is 1.44. The van der Waals surface area contributed by atoms with E-state index in [-0.39, 0.29) is 30.0 Å². The predicted molar refractivity (Wildman–Crippen MR) is 103 cm³/mol. The number of carbonyl (C=O) groups is 2. The van der Waals surface area contributed by atoms with Crippen LogP contribution in [-0.2, 0) is 9.59 Å². The van der Waals surface area contributed by atoms with Crippen molar-refractivity contribution in [1.82, 2.24) is 0 Å². The minimum absolute atomic E-state index is 0.0846. The van der Waals surface area contributed by atoms with Crippen molar-refractivity contribution in [3.05, 3.63) is 54.1 Å². The van der Waals surface area contributed by atoms with E-state index in [1.807, 2.05) is 43.3 Å². The fraction of sp³-hybridized carbons (Fsp3) is 0.333. The number of hydrogen-bond donors (Lipinski definition) is 2. The second kappa shape index (κ2) is 7.04. The zero-order valence-electron chi connectivity index (χ0n) is 15.4. The molecule has 2 aromatic rings. The van der Waals surface area contributed by atoms with Gasteiger partial charge in [0.1, 0.15) is 5.75 Å². The normalized spacial score (nSPS) is 21.1. The first-order valence-electron chi connectivity index (χ1n) is 9.35. The van der Waals surface area contributed by atoms with Crippen molar-refractivity contribution in [2.24, 2.45) is 0 Å². The van der Waals surface area contributed by atoms with Crippen LogP contribution in [0.1, 0.15) is 12.0 Å². The number of carbonyl (C=O) groups excluding carboxylic acids is 2. The van der Waals surface area contributed by atoms with Crippen molar-refractivity contribution < 1.29 is 19.6 Å². The van der Waals surface area contributed by atoms with Crippen LogP contribution in [0.5, 0.6) is 5.75 Å². The Hall–Kier alpha value is -2.86. The number of quaternary nitrogens is 1. The summed E-state index contributed by atoms with van der Waals surface area (Å²) < 4.78 is 0. The molecule has 0 spiro atoms. The summed E-state index contributed by atoms with van der Waals surface area (Å²) in [5.74, 6) is 0.0667. The summed E-state index contributed by atoms with van der Waals surface area (Å²) in [5, 5.41) is 9.43. The van der Waals surface area contributed by atoms with Crippen molar-refractivity contribution in [1.29, 1.82) is 0 Å². The molecule has 2 saturated heterocycles. The van der Waals surface area contributed by atoms with Crippen LogP contribution in [0.2, 0.25) is 0 Å². The van der Waals surface area contributed by atoms with Gasteiger partial charge in [0, 0.05) is 5.69 Å². The third-order valence-corrected chi connectivity index (χ3v) is 5.52. The molecular weight excluding hydrogens is 342 g/mol. The summed E-state index contributed by atoms with van der Waals surface area (Å²) in [7, 11) is 0. The highest BCUT2D eigenvalue weighted by molar-refractivity contribution is 6.21. The van der Waals surface area contributed by atoms with E-state index >= 15 is 0 Å². The van der Waals surface area contributed by atoms with Gasteiger partial charge in [-0.15, -0.1) is 0 Å². The molecule has 2 heterocycles. The molecule has 0 aromatic heterocycles. The number of benzene rings is 2. The Morgan fingerprint density at radius 3 is 2.37 bits per heavy atom. The lowest BCUT2D eigenvalue weighted by atomic mass is 10.1. The molecule has 2 aromatic carbocycles. The number of nitrogens with one attached hydrogen (secondary N) is 1. The number of hydrogen-bond acceptors (Lipinski definition) is 4. The highest BCUT2D eigenvalue weighted by Crippen LogP contribution is 2.23. The smallest absolute Gasteiger partial charge is 0.292 e. The van der Waals surface area contributed by atoms with Gasteiger partial charge in [0.2, 0.25) is 5.91 Å². The van der Waals surface area contributed by atoms with Crippen LogP contribution >= 0.6 is 0 Å². The number of phenolic OH excluding ortho intramolecular Hbond substituents is 1. The van der Waals surface area contributed by atoms with Crippen LogP contribution in [0.25, 0.3) is 0 Å². The molecule has 2 aliphatic rings. The van der Waals surface area contributed by atoms with E-state index in [0.717, 1.165) is 37.4 Å². The Morgan fingerprint density at radius 1 is 1.00 bits per heavy atom. The number of aromatic hydroxyl groups is 1. The summed E-state index contributed by atoms with van der Waals surface area (Å²) in [4.78, 5) is 30.3. The molecule has 2 amide bonds. The highest BCUT2D eigenvalue weighted by Gasteiger charge is 2.46. The number of piperazine rings is 1. The number of rotatable bonds is 3. The second-order valence-corrected chi connectivity index (χ2v) is 7.32. The van der Waals surface area contributed by atoms with E-state index < -0.39 is 0 Å². The van der Waals surface area contributed by atoms with Gasteiger partial charge in [-0.05, 0) is 48.9 Å². The first kappa shape index (κ1) is 17.5. The Bertz CT molecular complexity index is 857. The lowest BCUT2D eigenvalue weighted by Crippen LogP contribution is -3.19. The predicted octanol–water partition coefficient (Wildman–Crippen LogP) is 0.738. The SMILES string of the molecule is Cc1cccc(N2C(=O)C[C@H]([NH+]3CCN(c4ccc(O)cc4)CC3)C2=O)c1. The minimum Gasteiger partial charge on any atom is -0.508 e. The third-order valence-electron chi connectivity index (χ3n) is 5.52. The number of amides is 2. The minimum atomic E-state index is -0.292. The van der Waals surface area contributed by atoms with Gasteiger partial charge < -0.3 is 14.9 Å². The lowest BCUT2D eigenvalue weighted by molar-refractivity contribution is -0.915. The van der Waals surface area contributed by atoms with E-state index in [0.29, 0.717) is 5.69 Å². The summed E-state index contributed by atoms with van der Waals surface area (Å²) in [5.41, 5.74) is 2.78. The lowest BCUT2D eigenvalue weighted by Gasteiger charge is -2.35. The van der Waals surface area contributed by atoms with Gasteiger partial charge in [0.05, 0.1) is 38.3 Å². The molecule has 0 aliphatic carbocycles. The zero-order chi connectivity index (χ0) is 19.0. The van der Waals surface area contributed by atoms with Crippen molar-refractivity contribution in [3.63, 3.8) is 0 Å². The Labute approximate surface area is 158 Å². The average Bonchev–Trinajstić information content (AvgIpc) is 2.97. The molecule has 1 atom stereocenters. The quantitative estimate of drug-likeness (QED) is 0.787. The summed E-state index contributed by atoms with van der Waals surface area (Å²) in [6, 6.07) is 14.4. The van der Waals surface area contributed by atoms with Crippen LogP contribution in [0.15, 0.2) is 48.5 Å². The Kier molecular flexibility index (Phi) is 4.58. The maximum atomic E-state index is 13.0. The molecule has 0 saturated carbocycles. The molecule has 140 valence electrons. The van der Waals surface area contributed by atoms with Gasteiger partial charge in [0.15, 0.2) is 6.04 Å². The number of nitrogens with zero attached hydrogens (tertiary/aromatic N) is 2. The summed E-state index contributed by atoms with van der Waals surface area (Å²) in [6.07, 6.45) is 0.279. The van der Waals surface area contributed by atoms with Crippen LogP contribution in [0, 0.1) is 6.92 Å². The van der Waals surface area contributed by atoms with Crippen molar-refractivity contribution >= 4 is 23.2 Å². The van der Waals surface area contributed by atoms with E-state index in [9.17, 15) is 14.7 Å². The first-order chi connectivity index (χ1) is 13.0. The zero-order valence-corrected chi connectivity index (χ0v) is 15.4. The summed E-state index contributed by atoms with van der Waals surface area (Å²) in [6.45, 7) is 5.23. The molecule has 2 N–H and O–H groups in total. The highest BCUT2D eigenvalue weighted by atomic mass is 16.3. The van der Waals surface area contributed by atoms with Crippen LogP contribution in [-0.4, -0.2) is 49.1 Å². The second-order valence-electron chi connectivity index (χ2n) is 7.32. The maximum absolute atomic E-state index is 13.0. The van der Waals surface area contributed by atoms with E-state index in [1.54, 1.807) is 12.1 Å². The van der Waals surface area contributed by atoms with Gasteiger partial charge in [-0.2, -0.15) is 0 Å².